The predicted octanol–water partition coefficient (Wildman–Crippen LogP) is 5.93. The van der Waals surface area contributed by atoms with Crippen LogP contribution in [0.5, 0.6) is 0 Å². The molecule has 1 aliphatic carbocycles. The van der Waals surface area contributed by atoms with Crippen molar-refractivity contribution >= 4 is 11.6 Å². The molecule has 4 aromatic rings. The Hall–Kier alpha value is -2.82. The van der Waals surface area contributed by atoms with Crippen molar-refractivity contribution in [2.24, 2.45) is 0 Å². The van der Waals surface area contributed by atoms with E-state index >= 15 is 0 Å². The lowest BCUT2D eigenvalue weighted by molar-refractivity contribution is 0.217. The number of furan rings is 1. The maximum Gasteiger partial charge on any atom is 0.123 e. The van der Waals surface area contributed by atoms with Gasteiger partial charge < -0.3 is 8.98 Å². The Morgan fingerprint density at radius 2 is 1.81 bits per heavy atom. The second-order valence-corrected chi connectivity index (χ2v) is 8.69. The van der Waals surface area contributed by atoms with Crippen molar-refractivity contribution in [2.75, 3.05) is 0 Å². The van der Waals surface area contributed by atoms with Crippen LogP contribution < -0.4 is 0 Å². The highest BCUT2D eigenvalue weighted by atomic mass is 35.5. The lowest BCUT2D eigenvalue weighted by Crippen LogP contribution is -2.26. The van der Waals surface area contributed by atoms with Gasteiger partial charge in [-0.15, -0.1) is 0 Å². The summed E-state index contributed by atoms with van der Waals surface area (Å²) in [5.74, 6) is 2.07. The molecule has 2 aromatic heterocycles. The van der Waals surface area contributed by atoms with Crippen molar-refractivity contribution in [3.05, 3.63) is 113 Å². The molecule has 0 saturated heterocycles. The highest BCUT2D eigenvalue weighted by molar-refractivity contribution is 6.31. The highest BCUT2D eigenvalue weighted by Crippen LogP contribution is 2.30. The van der Waals surface area contributed by atoms with Crippen molar-refractivity contribution in [3.63, 3.8) is 0 Å². The van der Waals surface area contributed by atoms with Crippen LogP contribution in [0.25, 0.3) is 0 Å². The average molecular weight is 432 g/mol. The summed E-state index contributed by atoms with van der Waals surface area (Å²) in [6, 6.07) is 21.3. The van der Waals surface area contributed by atoms with Gasteiger partial charge in [-0.05, 0) is 41.7 Å². The molecule has 2 heterocycles. The summed E-state index contributed by atoms with van der Waals surface area (Å²) in [6.45, 7) is 2.34. The van der Waals surface area contributed by atoms with Crippen LogP contribution in [0.4, 0.5) is 0 Å². The molecule has 0 N–H and O–H groups in total. The fourth-order valence-corrected chi connectivity index (χ4v) is 4.21. The molecule has 1 saturated carbocycles. The highest BCUT2D eigenvalue weighted by Gasteiger charge is 2.30. The molecular formula is C26H26ClN3O. The van der Waals surface area contributed by atoms with E-state index in [1.165, 1.54) is 24.0 Å². The van der Waals surface area contributed by atoms with Crippen LogP contribution in [0.15, 0.2) is 83.7 Å². The second-order valence-electron chi connectivity index (χ2n) is 8.28. The number of rotatable bonds is 9. The van der Waals surface area contributed by atoms with Crippen LogP contribution in [0.2, 0.25) is 5.02 Å². The first kappa shape index (κ1) is 20.1. The van der Waals surface area contributed by atoms with Crippen LogP contribution in [0.3, 0.4) is 0 Å². The summed E-state index contributed by atoms with van der Waals surface area (Å²) >= 11 is 6.37. The third-order valence-corrected chi connectivity index (χ3v) is 6.19. The third kappa shape index (κ3) is 5.09. The molecule has 1 aliphatic rings. The van der Waals surface area contributed by atoms with E-state index in [0.29, 0.717) is 6.04 Å². The fourth-order valence-electron chi connectivity index (χ4n) is 4.01. The Kier molecular flexibility index (Phi) is 5.92. The molecule has 5 rings (SSSR count). The van der Waals surface area contributed by atoms with E-state index in [-0.39, 0.29) is 0 Å². The molecule has 0 radical (unpaired) electrons. The number of aromatic nitrogens is 2. The zero-order chi connectivity index (χ0) is 21.0. The molecule has 0 unspecified atom stereocenters. The molecule has 2 aromatic carbocycles. The van der Waals surface area contributed by atoms with E-state index in [9.17, 15) is 0 Å². The normalized spacial score (nSPS) is 13.7. The van der Waals surface area contributed by atoms with Crippen molar-refractivity contribution in [2.45, 2.75) is 44.9 Å². The van der Waals surface area contributed by atoms with Gasteiger partial charge in [0.25, 0.3) is 0 Å². The Balaban J connectivity index is 1.27. The van der Waals surface area contributed by atoms with Crippen molar-refractivity contribution in [1.82, 2.24) is 14.5 Å². The maximum atomic E-state index is 6.37. The first-order valence-corrected chi connectivity index (χ1v) is 11.2. The molecule has 158 valence electrons. The summed E-state index contributed by atoms with van der Waals surface area (Å²) in [5.41, 5.74) is 3.63. The van der Waals surface area contributed by atoms with Gasteiger partial charge in [0, 0.05) is 29.9 Å². The van der Waals surface area contributed by atoms with Crippen LogP contribution in [-0.4, -0.2) is 20.5 Å². The third-order valence-electron chi connectivity index (χ3n) is 5.83. The Bertz CT molecular complexity index is 1130. The van der Waals surface area contributed by atoms with Crippen LogP contribution in [0.1, 0.15) is 41.1 Å². The molecule has 0 aliphatic heterocycles. The maximum absolute atomic E-state index is 6.37. The van der Waals surface area contributed by atoms with Gasteiger partial charge in [0.05, 0.1) is 25.9 Å². The predicted molar refractivity (Wildman–Crippen MR) is 123 cm³/mol. The number of hydrogen-bond acceptors (Lipinski definition) is 3. The zero-order valence-electron chi connectivity index (χ0n) is 17.5. The minimum atomic E-state index is 0.605. The quantitative estimate of drug-likeness (QED) is 0.329. The standard InChI is InChI=1S/C26H26ClN3O/c27-25-9-5-4-8-22(25)16-29-13-12-28-26(29)18-30(23-10-11-23)17-24-15-21(19-31-24)14-20-6-2-1-3-7-20/h1-9,12-13,15,19,23H,10-11,14,16-18H2. The van der Waals surface area contributed by atoms with E-state index < -0.39 is 0 Å². The molecule has 0 bridgehead atoms. The van der Waals surface area contributed by atoms with Gasteiger partial charge in [-0.3, -0.25) is 4.90 Å². The first-order valence-electron chi connectivity index (χ1n) is 10.8. The number of nitrogens with zero attached hydrogens (tertiary/aromatic N) is 3. The van der Waals surface area contributed by atoms with Gasteiger partial charge in [0.1, 0.15) is 11.6 Å². The molecule has 1 fully saturated rings. The summed E-state index contributed by atoms with van der Waals surface area (Å²) in [7, 11) is 0. The Morgan fingerprint density at radius 1 is 1.00 bits per heavy atom. The fraction of sp³-hybridized carbons (Fsp3) is 0.269. The molecule has 0 amide bonds. The van der Waals surface area contributed by atoms with Crippen molar-refractivity contribution in [3.8, 4) is 0 Å². The minimum Gasteiger partial charge on any atom is -0.468 e. The Labute approximate surface area is 188 Å². The molecular weight excluding hydrogens is 406 g/mol. The number of hydrogen-bond donors (Lipinski definition) is 0. The molecule has 5 heteroatoms. The van der Waals surface area contributed by atoms with Gasteiger partial charge >= 0.3 is 0 Å². The topological polar surface area (TPSA) is 34.2 Å². The smallest absolute Gasteiger partial charge is 0.123 e. The Morgan fingerprint density at radius 3 is 2.61 bits per heavy atom. The second kappa shape index (κ2) is 9.13. The van der Waals surface area contributed by atoms with Crippen molar-refractivity contribution < 1.29 is 4.42 Å². The summed E-state index contributed by atoms with van der Waals surface area (Å²) < 4.78 is 8.11. The minimum absolute atomic E-state index is 0.605. The summed E-state index contributed by atoms with van der Waals surface area (Å²) in [5, 5.41) is 0.794. The van der Waals surface area contributed by atoms with E-state index in [0.717, 1.165) is 48.2 Å². The van der Waals surface area contributed by atoms with Crippen LogP contribution >= 0.6 is 11.6 Å². The molecule has 0 spiro atoms. The van der Waals surface area contributed by atoms with Crippen LogP contribution in [-0.2, 0) is 26.1 Å². The molecule has 31 heavy (non-hydrogen) atoms. The summed E-state index contributed by atoms with van der Waals surface area (Å²) in [6.07, 6.45) is 9.18. The summed E-state index contributed by atoms with van der Waals surface area (Å²) in [4.78, 5) is 7.12. The van der Waals surface area contributed by atoms with Crippen molar-refractivity contribution in [1.29, 1.82) is 0 Å². The van der Waals surface area contributed by atoms with E-state index in [1.807, 2.05) is 42.9 Å². The van der Waals surface area contributed by atoms with Gasteiger partial charge in [-0.25, -0.2) is 4.98 Å². The van der Waals surface area contributed by atoms with E-state index in [1.54, 1.807) is 0 Å². The number of halogens is 1. The number of benzene rings is 2. The monoisotopic (exact) mass is 431 g/mol. The van der Waals surface area contributed by atoms with E-state index in [2.05, 4.69) is 50.8 Å². The average Bonchev–Trinajstić information content (AvgIpc) is 3.40. The first-order chi connectivity index (χ1) is 15.2. The van der Waals surface area contributed by atoms with E-state index in [4.69, 9.17) is 16.0 Å². The van der Waals surface area contributed by atoms with Gasteiger partial charge in [0.15, 0.2) is 0 Å². The number of imidazole rings is 1. The molecule has 4 nitrogen and oxygen atoms in total. The largest absolute Gasteiger partial charge is 0.468 e. The zero-order valence-corrected chi connectivity index (χ0v) is 18.2. The lowest BCUT2D eigenvalue weighted by Gasteiger charge is -2.21. The van der Waals surface area contributed by atoms with Gasteiger partial charge in [-0.2, -0.15) is 0 Å². The molecule has 0 atom stereocenters. The SMILES string of the molecule is Clc1ccccc1Cn1ccnc1CN(Cc1cc(Cc2ccccc2)co1)C1CC1. The lowest BCUT2D eigenvalue weighted by atomic mass is 10.1. The van der Waals surface area contributed by atoms with Gasteiger partial charge in [0.2, 0.25) is 0 Å². The van der Waals surface area contributed by atoms with Gasteiger partial charge in [-0.1, -0.05) is 60.1 Å². The van der Waals surface area contributed by atoms with Crippen LogP contribution in [0, 0.1) is 0 Å².